The molecule has 102 valence electrons. The highest BCUT2D eigenvalue weighted by atomic mass is 19.1. The smallest absolute Gasteiger partial charge is 0.129 e. The van der Waals surface area contributed by atoms with E-state index in [9.17, 15) is 4.39 Å². The van der Waals surface area contributed by atoms with Gasteiger partial charge in [0, 0.05) is 17.2 Å². The summed E-state index contributed by atoms with van der Waals surface area (Å²) in [6.07, 6.45) is 0. The Morgan fingerprint density at radius 1 is 1.30 bits per heavy atom. The third-order valence-electron chi connectivity index (χ3n) is 2.97. The van der Waals surface area contributed by atoms with Gasteiger partial charge in [-0.3, -0.25) is 0 Å². The first-order chi connectivity index (χ1) is 9.61. The number of rotatable bonds is 4. The lowest BCUT2D eigenvalue weighted by molar-refractivity contribution is 0.295. The van der Waals surface area contributed by atoms with Gasteiger partial charge >= 0.3 is 0 Å². The second kappa shape index (κ2) is 6.18. The molecule has 0 spiro atoms. The number of nitriles is 1. The highest BCUT2D eigenvalue weighted by Gasteiger charge is 2.09. The average Bonchev–Trinajstić information content (AvgIpc) is 2.46. The molecule has 1 atom stereocenters. The predicted molar refractivity (Wildman–Crippen MR) is 74.5 cm³/mol. The zero-order valence-corrected chi connectivity index (χ0v) is 11.1. The van der Waals surface area contributed by atoms with E-state index >= 15 is 0 Å². The predicted octanol–water partition coefficient (Wildman–Crippen LogP) is 3.30. The quantitative estimate of drug-likeness (QED) is 0.927. The molecule has 20 heavy (non-hydrogen) atoms. The van der Waals surface area contributed by atoms with Gasteiger partial charge in [0.05, 0.1) is 11.6 Å². The minimum Gasteiger partial charge on any atom is -0.488 e. The van der Waals surface area contributed by atoms with Gasteiger partial charge in [0.1, 0.15) is 18.2 Å². The summed E-state index contributed by atoms with van der Waals surface area (Å²) in [6.45, 7) is 1.92. The van der Waals surface area contributed by atoms with Gasteiger partial charge in [0.25, 0.3) is 0 Å². The van der Waals surface area contributed by atoms with Gasteiger partial charge in [-0.15, -0.1) is 0 Å². The third kappa shape index (κ3) is 3.14. The molecule has 1 unspecified atom stereocenters. The van der Waals surface area contributed by atoms with Crippen molar-refractivity contribution in [2.45, 2.75) is 19.6 Å². The number of hydrogen-bond acceptors (Lipinski definition) is 3. The number of nitrogens with zero attached hydrogens (tertiary/aromatic N) is 1. The van der Waals surface area contributed by atoms with Crippen LogP contribution in [0.15, 0.2) is 42.5 Å². The molecular formula is C16H15FN2O. The van der Waals surface area contributed by atoms with E-state index in [1.54, 1.807) is 6.07 Å². The maximum absolute atomic E-state index is 13.7. The van der Waals surface area contributed by atoms with Crippen LogP contribution in [0, 0.1) is 17.1 Å². The van der Waals surface area contributed by atoms with Crippen molar-refractivity contribution in [2.24, 2.45) is 5.73 Å². The second-order valence-electron chi connectivity index (χ2n) is 4.53. The van der Waals surface area contributed by atoms with E-state index in [1.807, 2.05) is 31.2 Å². The van der Waals surface area contributed by atoms with Crippen LogP contribution in [0.5, 0.6) is 5.75 Å². The highest BCUT2D eigenvalue weighted by Crippen LogP contribution is 2.24. The molecule has 0 aliphatic carbocycles. The van der Waals surface area contributed by atoms with Crippen LogP contribution in [0.4, 0.5) is 4.39 Å². The molecule has 0 saturated heterocycles. The van der Waals surface area contributed by atoms with Gasteiger partial charge in [-0.1, -0.05) is 18.2 Å². The summed E-state index contributed by atoms with van der Waals surface area (Å²) in [7, 11) is 0. The Labute approximate surface area is 117 Å². The Bertz CT molecular complexity index is 647. The van der Waals surface area contributed by atoms with Crippen LogP contribution in [-0.4, -0.2) is 0 Å². The van der Waals surface area contributed by atoms with Crippen molar-refractivity contribution in [3.05, 3.63) is 65.0 Å². The first-order valence-electron chi connectivity index (χ1n) is 6.27. The number of nitrogens with two attached hydrogens (primary N) is 1. The molecule has 0 bridgehead atoms. The molecule has 2 aromatic rings. The fraction of sp³-hybridized carbons (Fsp3) is 0.188. The van der Waals surface area contributed by atoms with Gasteiger partial charge in [0.15, 0.2) is 0 Å². The zero-order valence-electron chi connectivity index (χ0n) is 11.1. The average molecular weight is 270 g/mol. The molecule has 0 saturated carbocycles. The minimum absolute atomic E-state index is 0.0606. The fourth-order valence-electron chi connectivity index (χ4n) is 1.90. The Hall–Kier alpha value is -2.38. The monoisotopic (exact) mass is 270 g/mol. The highest BCUT2D eigenvalue weighted by molar-refractivity contribution is 5.37. The summed E-state index contributed by atoms with van der Waals surface area (Å²) in [5.74, 6) is 0.242. The molecule has 0 aliphatic heterocycles. The Kier molecular flexibility index (Phi) is 4.34. The summed E-state index contributed by atoms with van der Waals surface area (Å²) in [4.78, 5) is 0. The lowest BCUT2D eigenvalue weighted by atomic mass is 10.1. The van der Waals surface area contributed by atoms with E-state index < -0.39 is 0 Å². The Morgan fingerprint density at radius 3 is 2.75 bits per heavy atom. The summed E-state index contributed by atoms with van der Waals surface area (Å²) < 4.78 is 19.3. The van der Waals surface area contributed by atoms with Crippen molar-refractivity contribution in [3.8, 4) is 11.8 Å². The van der Waals surface area contributed by atoms with Crippen LogP contribution in [0.3, 0.4) is 0 Å². The van der Waals surface area contributed by atoms with Crippen LogP contribution >= 0.6 is 0 Å². The largest absolute Gasteiger partial charge is 0.488 e. The maximum Gasteiger partial charge on any atom is 0.129 e. The molecule has 0 radical (unpaired) electrons. The first kappa shape index (κ1) is 14.0. The molecule has 3 nitrogen and oxygen atoms in total. The first-order valence-corrected chi connectivity index (χ1v) is 6.27. The van der Waals surface area contributed by atoms with Crippen molar-refractivity contribution in [2.75, 3.05) is 0 Å². The van der Waals surface area contributed by atoms with Gasteiger partial charge in [-0.05, 0) is 31.2 Å². The number of para-hydroxylation sites is 1. The van der Waals surface area contributed by atoms with Crippen molar-refractivity contribution in [3.63, 3.8) is 0 Å². The topological polar surface area (TPSA) is 59.0 Å². The minimum atomic E-state index is -0.387. The summed E-state index contributed by atoms with van der Waals surface area (Å²) in [6, 6.07) is 13.4. The van der Waals surface area contributed by atoms with Gasteiger partial charge in [-0.25, -0.2) is 4.39 Å². The number of benzene rings is 2. The Morgan fingerprint density at radius 2 is 2.05 bits per heavy atom. The lowest BCUT2D eigenvalue weighted by Crippen LogP contribution is -2.08. The van der Waals surface area contributed by atoms with Crippen LogP contribution in [-0.2, 0) is 6.61 Å². The van der Waals surface area contributed by atoms with Crippen molar-refractivity contribution in [1.29, 1.82) is 5.26 Å². The van der Waals surface area contributed by atoms with Gasteiger partial charge in [0.2, 0.25) is 0 Å². The van der Waals surface area contributed by atoms with Crippen molar-refractivity contribution < 1.29 is 9.13 Å². The molecule has 2 N–H and O–H groups in total. The Balaban J connectivity index is 2.19. The summed E-state index contributed by atoms with van der Waals surface area (Å²) in [5, 5.41) is 8.83. The second-order valence-corrected chi connectivity index (χ2v) is 4.53. The van der Waals surface area contributed by atoms with Crippen LogP contribution in [0.25, 0.3) is 0 Å². The standard InChI is InChI=1S/C16H15FN2O/c1-11(19)14-4-2-3-5-16(14)20-10-13-8-12(9-18)6-7-15(13)17/h2-8,11H,10,19H2,1H3. The molecular weight excluding hydrogens is 255 g/mol. The summed E-state index contributed by atoms with van der Waals surface area (Å²) in [5.41, 5.74) is 7.49. The molecule has 2 aromatic carbocycles. The van der Waals surface area contributed by atoms with Crippen LogP contribution in [0.1, 0.15) is 29.7 Å². The number of halogens is 1. The molecule has 4 heteroatoms. The van der Waals surface area contributed by atoms with Crippen molar-refractivity contribution in [1.82, 2.24) is 0 Å². The van der Waals surface area contributed by atoms with Gasteiger partial charge in [-0.2, -0.15) is 5.26 Å². The van der Waals surface area contributed by atoms with Crippen LogP contribution < -0.4 is 10.5 Å². The van der Waals surface area contributed by atoms with E-state index in [4.69, 9.17) is 15.7 Å². The molecule has 0 heterocycles. The van der Waals surface area contributed by atoms with Gasteiger partial charge < -0.3 is 10.5 Å². The van der Waals surface area contributed by atoms with E-state index in [-0.39, 0.29) is 18.5 Å². The zero-order chi connectivity index (χ0) is 14.5. The molecule has 0 aliphatic rings. The van der Waals surface area contributed by atoms with Crippen molar-refractivity contribution >= 4 is 0 Å². The SMILES string of the molecule is CC(N)c1ccccc1OCc1cc(C#N)ccc1F. The third-order valence-corrected chi connectivity index (χ3v) is 2.97. The van der Waals surface area contributed by atoms with E-state index in [0.717, 1.165) is 5.56 Å². The van der Waals surface area contributed by atoms with E-state index in [0.29, 0.717) is 16.9 Å². The number of hydrogen-bond donors (Lipinski definition) is 1. The molecule has 0 fully saturated rings. The lowest BCUT2D eigenvalue weighted by Gasteiger charge is -2.14. The maximum atomic E-state index is 13.7. The van der Waals surface area contributed by atoms with Crippen LogP contribution in [0.2, 0.25) is 0 Å². The van der Waals surface area contributed by atoms with E-state index in [2.05, 4.69) is 0 Å². The molecule has 0 amide bonds. The molecule has 0 aromatic heterocycles. The molecule has 2 rings (SSSR count). The summed E-state index contributed by atoms with van der Waals surface area (Å²) >= 11 is 0. The number of ether oxygens (including phenoxy) is 1. The fourth-order valence-corrected chi connectivity index (χ4v) is 1.90. The normalized spacial score (nSPS) is 11.7. The van der Waals surface area contributed by atoms with E-state index in [1.165, 1.54) is 18.2 Å².